The maximum Gasteiger partial charge on any atom is 0.171 e. The molecule has 0 radical (unpaired) electrons. The van der Waals surface area contributed by atoms with Crippen molar-refractivity contribution in [3.05, 3.63) is 35.5 Å². The first-order chi connectivity index (χ1) is 8.15. The molecule has 1 N–H and O–H groups in total. The van der Waals surface area contributed by atoms with E-state index in [0.29, 0.717) is 23.4 Å². The Balaban J connectivity index is 2.07. The average molecular weight is 252 g/mol. The van der Waals surface area contributed by atoms with Crippen molar-refractivity contribution in [3.8, 4) is 5.82 Å². The van der Waals surface area contributed by atoms with E-state index in [9.17, 15) is 0 Å². The van der Waals surface area contributed by atoms with Crippen molar-refractivity contribution < 1.29 is 0 Å². The van der Waals surface area contributed by atoms with E-state index in [1.165, 1.54) is 0 Å². The lowest BCUT2D eigenvalue weighted by molar-refractivity contribution is 0.579. The maximum absolute atomic E-state index is 5.78. The number of aromatic nitrogens is 4. The number of hydrogen-bond acceptors (Lipinski definition) is 4. The van der Waals surface area contributed by atoms with Crippen LogP contribution in [-0.4, -0.2) is 25.8 Å². The van der Waals surface area contributed by atoms with Crippen LogP contribution in [0.15, 0.2) is 24.8 Å². The van der Waals surface area contributed by atoms with Gasteiger partial charge in [-0.25, -0.2) is 9.67 Å². The molecule has 0 aromatic carbocycles. The minimum atomic E-state index is 0.432. The zero-order valence-electron chi connectivity index (χ0n) is 9.76. The predicted molar refractivity (Wildman–Crippen MR) is 66.1 cm³/mol. The summed E-state index contributed by atoms with van der Waals surface area (Å²) >= 11 is 5.78. The Morgan fingerprint density at radius 2 is 2.12 bits per heavy atom. The van der Waals surface area contributed by atoms with Crippen LogP contribution in [0.1, 0.15) is 19.5 Å². The number of halogens is 1. The molecule has 2 aromatic rings. The molecular formula is C11H14ClN5. The van der Waals surface area contributed by atoms with Crippen LogP contribution in [0.4, 0.5) is 0 Å². The molecule has 0 fully saturated rings. The summed E-state index contributed by atoms with van der Waals surface area (Å²) in [5.74, 6) is 0.658. The smallest absolute Gasteiger partial charge is 0.171 e. The summed E-state index contributed by atoms with van der Waals surface area (Å²) in [6, 6.07) is 0.432. The summed E-state index contributed by atoms with van der Waals surface area (Å²) in [6.45, 7) is 4.89. The fraction of sp³-hybridized carbons (Fsp3) is 0.364. The molecule has 0 aliphatic heterocycles. The normalized spacial score (nSPS) is 11.1. The van der Waals surface area contributed by atoms with Crippen LogP contribution < -0.4 is 5.32 Å². The van der Waals surface area contributed by atoms with E-state index in [0.717, 1.165) is 5.69 Å². The van der Waals surface area contributed by atoms with Gasteiger partial charge in [-0.3, -0.25) is 4.98 Å². The van der Waals surface area contributed by atoms with Gasteiger partial charge in [0.15, 0.2) is 5.82 Å². The molecule has 2 aromatic heterocycles. The molecule has 0 saturated heterocycles. The number of nitrogens with one attached hydrogen (secondary N) is 1. The van der Waals surface area contributed by atoms with Crippen LogP contribution in [-0.2, 0) is 6.54 Å². The highest BCUT2D eigenvalue weighted by atomic mass is 35.5. The van der Waals surface area contributed by atoms with Gasteiger partial charge in [0.05, 0.1) is 35.5 Å². The monoisotopic (exact) mass is 251 g/mol. The third-order valence-electron chi connectivity index (χ3n) is 2.17. The van der Waals surface area contributed by atoms with Gasteiger partial charge in [0.2, 0.25) is 0 Å². The Hall–Kier alpha value is -1.46. The van der Waals surface area contributed by atoms with Gasteiger partial charge in [0.1, 0.15) is 0 Å². The molecule has 0 amide bonds. The fourth-order valence-corrected chi connectivity index (χ4v) is 1.43. The van der Waals surface area contributed by atoms with Crippen molar-refractivity contribution in [1.29, 1.82) is 0 Å². The first-order valence-electron chi connectivity index (χ1n) is 5.40. The lowest BCUT2D eigenvalue weighted by atomic mass is 10.3. The highest BCUT2D eigenvalue weighted by Gasteiger charge is 2.02. The molecular weight excluding hydrogens is 238 g/mol. The summed E-state index contributed by atoms with van der Waals surface area (Å²) in [6.07, 6.45) is 6.68. The molecule has 17 heavy (non-hydrogen) atoms. The Labute approximate surface area is 105 Å². The predicted octanol–water partition coefficient (Wildman–Crippen LogP) is 1.81. The molecule has 0 unspecified atom stereocenters. The molecule has 0 bridgehead atoms. The molecule has 0 aliphatic rings. The molecule has 0 atom stereocenters. The summed E-state index contributed by atoms with van der Waals surface area (Å²) in [5, 5.41) is 7.92. The van der Waals surface area contributed by atoms with Crippen LogP contribution in [0.5, 0.6) is 0 Å². The number of hydrogen-bond donors (Lipinski definition) is 1. The minimum Gasteiger partial charge on any atom is -0.309 e. The SMILES string of the molecule is CC(C)NCc1cnc(-n2cc(Cl)cn2)cn1. The van der Waals surface area contributed by atoms with Crippen molar-refractivity contribution in [1.82, 2.24) is 25.1 Å². The Morgan fingerprint density at radius 1 is 1.29 bits per heavy atom. The minimum absolute atomic E-state index is 0.432. The van der Waals surface area contributed by atoms with Crippen molar-refractivity contribution in [2.45, 2.75) is 26.4 Å². The highest BCUT2D eigenvalue weighted by molar-refractivity contribution is 6.30. The molecule has 5 nitrogen and oxygen atoms in total. The van der Waals surface area contributed by atoms with Gasteiger partial charge in [-0.1, -0.05) is 25.4 Å². The average Bonchev–Trinajstić information content (AvgIpc) is 2.74. The van der Waals surface area contributed by atoms with Crippen LogP contribution in [0.25, 0.3) is 5.82 Å². The third kappa shape index (κ3) is 3.25. The van der Waals surface area contributed by atoms with Gasteiger partial charge < -0.3 is 5.32 Å². The Bertz CT molecular complexity index is 477. The second-order valence-corrected chi connectivity index (χ2v) is 4.44. The van der Waals surface area contributed by atoms with Crippen molar-refractivity contribution >= 4 is 11.6 Å². The van der Waals surface area contributed by atoms with Gasteiger partial charge in [0, 0.05) is 12.6 Å². The second kappa shape index (κ2) is 5.25. The fourth-order valence-electron chi connectivity index (χ4n) is 1.29. The standard InChI is InChI=1S/C11H14ClN5/c1-8(2)13-4-10-5-15-11(6-14-10)17-7-9(12)3-16-17/h3,5-8,13H,4H2,1-2H3. The van der Waals surface area contributed by atoms with E-state index < -0.39 is 0 Å². The molecule has 2 rings (SSSR count). The summed E-state index contributed by atoms with van der Waals surface area (Å²) in [4.78, 5) is 8.59. The lowest BCUT2D eigenvalue weighted by Crippen LogP contribution is -2.22. The van der Waals surface area contributed by atoms with Crippen LogP contribution >= 0.6 is 11.6 Å². The third-order valence-corrected chi connectivity index (χ3v) is 2.36. The molecule has 0 aliphatic carbocycles. The molecule has 6 heteroatoms. The lowest BCUT2D eigenvalue weighted by Gasteiger charge is -2.07. The van der Waals surface area contributed by atoms with Gasteiger partial charge in [0.25, 0.3) is 0 Å². The van der Waals surface area contributed by atoms with Crippen LogP contribution in [0, 0.1) is 0 Å². The quantitative estimate of drug-likeness (QED) is 0.901. The van der Waals surface area contributed by atoms with Gasteiger partial charge in [-0.05, 0) is 0 Å². The molecule has 0 saturated carbocycles. The van der Waals surface area contributed by atoms with Gasteiger partial charge in [-0.15, -0.1) is 0 Å². The van der Waals surface area contributed by atoms with Gasteiger partial charge in [-0.2, -0.15) is 5.10 Å². The van der Waals surface area contributed by atoms with Crippen LogP contribution in [0.3, 0.4) is 0 Å². The first kappa shape index (κ1) is 12.0. The van der Waals surface area contributed by atoms with Crippen LogP contribution in [0.2, 0.25) is 5.02 Å². The van der Waals surface area contributed by atoms with E-state index in [-0.39, 0.29) is 0 Å². The van der Waals surface area contributed by atoms with Crippen molar-refractivity contribution in [2.24, 2.45) is 0 Å². The zero-order valence-corrected chi connectivity index (χ0v) is 10.5. The van der Waals surface area contributed by atoms with Crippen molar-refractivity contribution in [2.75, 3.05) is 0 Å². The Morgan fingerprint density at radius 3 is 2.65 bits per heavy atom. The maximum atomic E-state index is 5.78. The summed E-state index contributed by atoms with van der Waals surface area (Å²) in [7, 11) is 0. The topological polar surface area (TPSA) is 55.6 Å². The number of rotatable bonds is 4. The van der Waals surface area contributed by atoms with E-state index in [2.05, 4.69) is 34.2 Å². The van der Waals surface area contributed by atoms with E-state index in [1.807, 2.05) is 0 Å². The largest absolute Gasteiger partial charge is 0.309 e. The molecule has 0 spiro atoms. The van der Waals surface area contributed by atoms with E-state index in [1.54, 1.807) is 29.5 Å². The summed E-state index contributed by atoms with van der Waals surface area (Å²) < 4.78 is 1.59. The molecule has 90 valence electrons. The highest BCUT2D eigenvalue weighted by Crippen LogP contribution is 2.08. The van der Waals surface area contributed by atoms with E-state index >= 15 is 0 Å². The van der Waals surface area contributed by atoms with Gasteiger partial charge >= 0.3 is 0 Å². The summed E-state index contributed by atoms with van der Waals surface area (Å²) in [5.41, 5.74) is 0.903. The molecule has 2 heterocycles. The Kier molecular flexibility index (Phi) is 3.71. The van der Waals surface area contributed by atoms with Crippen molar-refractivity contribution in [3.63, 3.8) is 0 Å². The first-order valence-corrected chi connectivity index (χ1v) is 5.78. The van der Waals surface area contributed by atoms with E-state index in [4.69, 9.17) is 11.6 Å². The number of nitrogens with zero attached hydrogens (tertiary/aromatic N) is 4. The second-order valence-electron chi connectivity index (χ2n) is 4.00. The zero-order chi connectivity index (χ0) is 12.3.